The highest BCUT2D eigenvalue weighted by molar-refractivity contribution is 6.20. The van der Waals surface area contributed by atoms with Gasteiger partial charge < -0.3 is 11.1 Å². The van der Waals surface area contributed by atoms with Crippen LogP contribution in [0.3, 0.4) is 0 Å². The van der Waals surface area contributed by atoms with Crippen LogP contribution < -0.4 is 22.3 Å². The minimum atomic E-state index is -5.72. The Bertz CT molecular complexity index is 1320. The van der Waals surface area contributed by atoms with E-state index in [9.17, 15) is 31.5 Å². The number of amides is 2. The molecule has 0 saturated heterocycles. The van der Waals surface area contributed by atoms with Crippen molar-refractivity contribution < 1.29 is 31.5 Å². The molecule has 0 aliphatic carbocycles. The van der Waals surface area contributed by atoms with Gasteiger partial charge in [0, 0.05) is 19.2 Å². The Morgan fingerprint density at radius 1 is 1.26 bits per heavy atom. The van der Waals surface area contributed by atoms with Crippen molar-refractivity contribution in [2.24, 2.45) is 5.84 Å². The molecule has 0 spiro atoms. The smallest absolute Gasteiger partial charge is 0.383 e. The second kappa shape index (κ2) is 7.54. The van der Waals surface area contributed by atoms with E-state index in [0.717, 1.165) is 4.68 Å². The number of aromatic nitrogens is 5. The van der Waals surface area contributed by atoms with Crippen molar-refractivity contribution >= 4 is 34.5 Å². The quantitative estimate of drug-likeness (QED) is 0.138. The number of hydrogen-bond acceptors (Lipinski definition) is 8. The van der Waals surface area contributed by atoms with E-state index in [0.29, 0.717) is 0 Å². The van der Waals surface area contributed by atoms with Gasteiger partial charge in [0.15, 0.2) is 16.9 Å². The van der Waals surface area contributed by atoms with Crippen LogP contribution in [0, 0.1) is 0 Å². The van der Waals surface area contributed by atoms with Gasteiger partial charge in [0.2, 0.25) is 5.91 Å². The van der Waals surface area contributed by atoms with Gasteiger partial charge in [0.05, 0.1) is 10.9 Å². The van der Waals surface area contributed by atoms with E-state index in [1.165, 1.54) is 25.3 Å². The van der Waals surface area contributed by atoms with Crippen molar-refractivity contribution in [3.05, 3.63) is 23.9 Å². The molecule has 0 radical (unpaired) electrons. The number of hydrogen-bond donors (Lipinski definition) is 4. The Balaban J connectivity index is 1.79. The highest BCUT2D eigenvalue weighted by Crippen LogP contribution is 2.42. The summed E-state index contributed by atoms with van der Waals surface area (Å²) >= 11 is 0. The Kier molecular flexibility index (Phi) is 5.15. The maximum atomic E-state index is 13.4. The minimum Gasteiger partial charge on any atom is -0.383 e. The van der Waals surface area contributed by atoms with Crippen molar-refractivity contribution in [3.63, 3.8) is 0 Å². The molecular formula is C18H16F5N9O2. The van der Waals surface area contributed by atoms with Crippen molar-refractivity contribution in [1.82, 2.24) is 30.2 Å². The predicted molar refractivity (Wildman–Crippen MR) is 107 cm³/mol. The molecule has 6 N–H and O–H groups in total. The molecule has 0 aromatic carbocycles. The van der Waals surface area contributed by atoms with Gasteiger partial charge in [-0.1, -0.05) is 0 Å². The van der Waals surface area contributed by atoms with Crippen LogP contribution in [0.1, 0.15) is 18.9 Å². The fourth-order valence-electron chi connectivity index (χ4n) is 3.59. The van der Waals surface area contributed by atoms with Crippen molar-refractivity contribution in [3.8, 4) is 11.5 Å². The molecule has 4 rings (SSSR count). The number of nitrogens with one attached hydrogen (secondary N) is 2. The third-order valence-electron chi connectivity index (χ3n) is 5.48. The van der Waals surface area contributed by atoms with Gasteiger partial charge in [0.1, 0.15) is 17.3 Å². The average Bonchev–Trinajstić information content (AvgIpc) is 3.26. The first-order valence-electron chi connectivity index (χ1n) is 9.58. The molecule has 1 aliphatic heterocycles. The zero-order valence-corrected chi connectivity index (χ0v) is 17.2. The zero-order chi connectivity index (χ0) is 25.1. The summed E-state index contributed by atoms with van der Waals surface area (Å²) < 4.78 is 65.5. The molecule has 4 heterocycles. The Labute approximate surface area is 186 Å². The van der Waals surface area contributed by atoms with Gasteiger partial charge >= 0.3 is 12.1 Å². The number of nitrogens with zero attached hydrogens (tertiary/aromatic N) is 5. The van der Waals surface area contributed by atoms with Crippen LogP contribution in [0.5, 0.6) is 0 Å². The molecule has 2 amide bonds. The number of nitrogen functional groups attached to an aromatic ring is 1. The number of anilines is 2. The standard InChI is InChI=1S/C18H16F5N9O2/c1-16(15(34)30-25)8-10(24)27-12(28-11(8)29-14(16)33)9-7-3-2-5-26-13(7)32(31-9)6-4-17(19,20)18(21,22)23/h2-3,5H,4,6,25H2,1H3,(H,30,34)(H3,24,27,28,29,33). The van der Waals surface area contributed by atoms with E-state index in [1.54, 1.807) is 0 Å². The average molecular weight is 485 g/mol. The van der Waals surface area contributed by atoms with Crippen molar-refractivity contribution in [1.29, 1.82) is 0 Å². The van der Waals surface area contributed by atoms with Crippen LogP contribution in [-0.2, 0) is 21.5 Å². The van der Waals surface area contributed by atoms with Crippen molar-refractivity contribution in [2.45, 2.75) is 37.4 Å². The largest absolute Gasteiger partial charge is 0.453 e. The molecule has 0 saturated carbocycles. The van der Waals surface area contributed by atoms with Gasteiger partial charge in [-0.3, -0.25) is 15.0 Å². The number of halogens is 5. The molecule has 1 atom stereocenters. The Morgan fingerprint density at radius 2 is 1.97 bits per heavy atom. The summed E-state index contributed by atoms with van der Waals surface area (Å²) in [4.78, 5) is 37.0. The first-order chi connectivity index (χ1) is 15.8. The number of aryl methyl sites for hydroxylation is 1. The molecule has 3 aromatic heterocycles. The lowest BCUT2D eigenvalue weighted by Crippen LogP contribution is -2.49. The number of alkyl halides is 5. The monoisotopic (exact) mass is 485 g/mol. The van der Waals surface area contributed by atoms with E-state index in [2.05, 4.69) is 25.4 Å². The molecule has 1 aliphatic rings. The van der Waals surface area contributed by atoms with E-state index in [-0.39, 0.29) is 39.8 Å². The van der Waals surface area contributed by atoms with Crippen LogP contribution in [-0.4, -0.2) is 48.6 Å². The van der Waals surface area contributed by atoms with Gasteiger partial charge in [-0.05, 0) is 19.1 Å². The summed E-state index contributed by atoms with van der Waals surface area (Å²) in [5.74, 6) is -1.94. The number of hydrazine groups is 1. The van der Waals surface area contributed by atoms with Crippen molar-refractivity contribution in [2.75, 3.05) is 11.1 Å². The summed E-state index contributed by atoms with van der Waals surface area (Å²) in [5, 5.41) is 6.73. The number of carbonyl (C=O) groups is 2. The third-order valence-corrected chi connectivity index (χ3v) is 5.48. The molecule has 0 fully saturated rings. The molecule has 16 heteroatoms. The lowest BCUT2D eigenvalue weighted by Gasteiger charge is -2.20. The number of fused-ring (bicyclic) bond motifs is 2. The Morgan fingerprint density at radius 3 is 2.62 bits per heavy atom. The lowest BCUT2D eigenvalue weighted by molar-refractivity contribution is -0.285. The van der Waals surface area contributed by atoms with E-state index < -0.39 is 42.3 Å². The fourth-order valence-corrected chi connectivity index (χ4v) is 3.59. The molecule has 1 unspecified atom stereocenters. The normalized spacial score (nSPS) is 18.1. The van der Waals surface area contributed by atoms with Crippen LogP contribution in [0.15, 0.2) is 18.3 Å². The number of pyridine rings is 1. The first kappa shape index (κ1) is 23.2. The zero-order valence-electron chi connectivity index (χ0n) is 17.2. The minimum absolute atomic E-state index is 0.00882. The molecule has 180 valence electrons. The second-order valence-electron chi connectivity index (χ2n) is 7.61. The first-order valence-corrected chi connectivity index (χ1v) is 9.58. The topological polar surface area (TPSA) is 167 Å². The Hall–Kier alpha value is -3.95. The number of nitrogens with two attached hydrogens (primary N) is 2. The summed E-state index contributed by atoms with van der Waals surface area (Å²) in [5.41, 5.74) is 6.02. The number of carbonyl (C=O) groups excluding carboxylic acids is 2. The second-order valence-corrected chi connectivity index (χ2v) is 7.61. The lowest BCUT2D eigenvalue weighted by atomic mass is 9.83. The van der Waals surface area contributed by atoms with E-state index in [4.69, 9.17) is 11.6 Å². The SMILES string of the molecule is CC1(C(=O)NN)C(=O)Nc2nc(-c3nn(CCC(F)(F)C(F)(F)F)c4ncccc34)nc(N)c21. The van der Waals surface area contributed by atoms with Gasteiger partial charge in [-0.2, -0.15) is 27.1 Å². The summed E-state index contributed by atoms with van der Waals surface area (Å²) in [6, 6.07) is 2.98. The van der Waals surface area contributed by atoms with Crippen LogP contribution in [0.25, 0.3) is 22.6 Å². The number of rotatable bonds is 5. The van der Waals surface area contributed by atoms with E-state index >= 15 is 0 Å². The molecule has 11 nitrogen and oxygen atoms in total. The maximum Gasteiger partial charge on any atom is 0.453 e. The highest BCUT2D eigenvalue weighted by atomic mass is 19.4. The molecule has 0 bridgehead atoms. The maximum absolute atomic E-state index is 13.4. The van der Waals surface area contributed by atoms with E-state index in [1.807, 2.05) is 5.43 Å². The summed E-state index contributed by atoms with van der Waals surface area (Å²) in [7, 11) is 0. The summed E-state index contributed by atoms with van der Waals surface area (Å²) in [6.07, 6.45) is -5.98. The molecule has 34 heavy (non-hydrogen) atoms. The van der Waals surface area contributed by atoms with Gasteiger partial charge in [-0.15, -0.1) is 0 Å². The highest BCUT2D eigenvalue weighted by Gasteiger charge is 2.57. The fraction of sp³-hybridized carbons (Fsp3) is 0.333. The molecule has 3 aromatic rings. The van der Waals surface area contributed by atoms with Crippen LogP contribution >= 0.6 is 0 Å². The van der Waals surface area contributed by atoms with Crippen LogP contribution in [0.4, 0.5) is 33.6 Å². The molecular weight excluding hydrogens is 469 g/mol. The van der Waals surface area contributed by atoms with Crippen LogP contribution in [0.2, 0.25) is 0 Å². The third kappa shape index (κ3) is 3.37. The van der Waals surface area contributed by atoms with Gasteiger partial charge in [-0.25, -0.2) is 25.5 Å². The van der Waals surface area contributed by atoms with Gasteiger partial charge in [0.25, 0.3) is 5.91 Å². The predicted octanol–water partition coefficient (Wildman–Crippen LogP) is 1.26. The summed E-state index contributed by atoms with van der Waals surface area (Å²) in [6.45, 7) is 0.455.